The van der Waals surface area contributed by atoms with Crippen LogP contribution in [0.5, 0.6) is 0 Å². The molecule has 0 bridgehead atoms. The van der Waals surface area contributed by atoms with Gasteiger partial charge in [0.2, 0.25) is 11.8 Å². The summed E-state index contributed by atoms with van der Waals surface area (Å²) in [6.07, 6.45) is 0.391. The molecule has 2 aliphatic heterocycles. The standard InChI is InChI=1S/C19H22N2O7/c22-6-1-7-28-19(27)13-9-17(24)21(11-13)15-4-2-14(3-5-15)20-10-12(18(25)26)8-16(20)23/h2-5,12-13,22H,1,6-11H2,(H,25,26). The van der Waals surface area contributed by atoms with Crippen LogP contribution in [0.15, 0.2) is 24.3 Å². The van der Waals surface area contributed by atoms with Crippen molar-refractivity contribution in [3.63, 3.8) is 0 Å². The van der Waals surface area contributed by atoms with E-state index in [2.05, 4.69) is 0 Å². The first-order valence-corrected chi connectivity index (χ1v) is 9.11. The van der Waals surface area contributed by atoms with E-state index in [0.29, 0.717) is 17.8 Å². The van der Waals surface area contributed by atoms with E-state index in [-0.39, 0.29) is 51.0 Å². The molecular weight excluding hydrogens is 368 g/mol. The number of aliphatic hydroxyl groups excluding tert-OH is 1. The van der Waals surface area contributed by atoms with Crippen LogP contribution < -0.4 is 9.80 Å². The Labute approximate surface area is 161 Å². The molecule has 0 radical (unpaired) electrons. The fourth-order valence-corrected chi connectivity index (χ4v) is 3.41. The predicted octanol–water partition coefficient (Wildman–Crippen LogP) is 0.403. The Balaban J connectivity index is 1.64. The van der Waals surface area contributed by atoms with Crippen LogP contribution in [-0.2, 0) is 23.9 Å². The summed E-state index contributed by atoms with van der Waals surface area (Å²) in [7, 11) is 0. The molecule has 28 heavy (non-hydrogen) atoms. The van der Waals surface area contributed by atoms with Crippen LogP contribution >= 0.6 is 0 Å². The normalized spacial score (nSPS) is 22.0. The van der Waals surface area contributed by atoms with Crippen molar-refractivity contribution < 1.29 is 34.1 Å². The average Bonchev–Trinajstić information content (AvgIpc) is 3.25. The zero-order valence-corrected chi connectivity index (χ0v) is 15.2. The summed E-state index contributed by atoms with van der Waals surface area (Å²) in [5.74, 6) is -3.16. The van der Waals surface area contributed by atoms with Crippen LogP contribution in [-0.4, -0.2) is 60.3 Å². The smallest absolute Gasteiger partial charge is 0.311 e. The first-order chi connectivity index (χ1) is 13.4. The van der Waals surface area contributed by atoms with Gasteiger partial charge in [-0.3, -0.25) is 19.2 Å². The Bertz CT molecular complexity index is 777. The number of nitrogens with zero attached hydrogens (tertiary/aromatic N) is 2. The Morgan fingerprint density at radius 3 is 1.93 bits per heavy atom. The minimum absolute atomic E-state index is 0.0260. The van der Waals surface area contributed by atoms with Crippen LogP contribution in [0, 0.1) is 11.8 Å². The van der Waals surface area contributed by atoms with Gasteiger partial charge in [-0.1, -0.05) is 0 Å². The molecule has 3 rings (SSSR count). The number of hydrogen-bond donors (Lipinski definition) is 2. The van der Waals surface area contributed by atoms with Crippen molar-refractivity contribution in [3.8, 4) is 0 Å². The number of esters is 1. The van der Waals surface area contributed by atoms with E-state index in [4.69, 9.17) is 14.9 Å². The maximum absolute atomic E-state index is 12.3. The van der Waals surface area contributed by atoms with E-state index in [9.17, 15) is 19.2 Å². The molecule has 9 nitrogen and oxygen atoms in total. The number of carbonyl (C=O) groups excluding carboxylic acids is 3. The van der Waals surface area contributed by atoms with Gasteiger partial charge in [-0.05, 0) is 24.3 Å². The maximum atomic E-state index is 12.3. The van der Waals surface area contributed by atoms with E-state index < -0.39 is 23.8 Å². The predicted molar refractivity (Wildman–Crippen MR) is 97.7 cm³/mol. The molecule has 0 aliphatic carbocycles. The first-order valence-electron chi connectivity index (χ1n) is 9.11. The molecule has 150 valence electrons. The van der Waals surface area contributed by atoms with Gasteiger partial charge in [0.25, 0.3) is 0 Å². The van der Waals surface area contributed by atoms with E-state index in [0.717, 1.165) is 0 Å². The Morgan fingerprint density at radius 1 is 0.964 bits per heavy atom. The van der Waals surface area contributed by atoms with Gasteiger partial charge in [0.05, 0.1) is 18.4 Å². The zero-order chi connectivity index (χ0) is 20.3. The molecule has 2 saturated heterocycles. The molecule has 9 heteroatoms. The lowest BCUT2D eigenvalue weighted by Gasteiger charge is -2.20. The largest absolute Gasteiger partial charge is 0.481 e. The zero-order valence-electron chi connectivity index (χ0n) is 15.2. The molecule has 0 aromatic heterocycles. The molecule has 2 atom stereocenters. The minimum Gasteiger partial charge on any atom is -0.481 e. The average molecular weight is 390 g/mol. The molecule has 1 aromatic carbocycles. The number of carboxylic acids is 1. The molecule has 0 saturated carbocycles. The third-order valence-corrected chi connectivity index (χ3v) is 4.95. The highest BCUT2D eigenvalue weighted by molar-refractivity contribution is 6.01. The summed E-state index contributed by atoms with van der Waals surface area (Å²) >= 11 is 0. The number of aliphatic hydroxyl groups is 1. The van der Waals surface area contributed by atoms with Crippen molar-refractivity contribution in [3.05, 3.63) is 24.3 Å². The number of carboxylic acid groups (broad SMARTS) is 1. The van der Waals surface area contributed by atoms with Crippen LogP contribution in [0.4, 0.5) is 11.4 Å². The minimum atomic E-state index is -0.993. The highest BCUT2D eigenvalue weighted by Gasteiger charge is 2.37. The second-order valence-corrected chi connectivity index (χ2v) is 6.91. The summed E-state index contributed by atoms with van der Waals surface area (Å²) in [4.78, 5) is 50.3. The van der Waals surface area contributed by atoms with Crippen molar-refractivity contribution in [1.29, 1.82) is 0 Å². The van der Waals surface area contributed by atoms with Gasteiger partial charge in [0, 0.05) is 50.3 Å². The quantitative estimate of drug-likeness (QED) is 0.510. The van der Waals surface area contributed by atoms with E-state index >= 15 is 0 Å². The molecule has 1 aromatic rings. The number of benzene rings is 1. The van der Waals surface area contributed by atoms with E-state index in [1.54, 1.807) is 24.3 Å². The van der Waals surface area contributed by atoms with Crippen LogP contribution in [0.1, 0.15) is 19.3 Å². The first kappa shape index (κ1) is 19.8. The summed E-state index contributed by atoms with van der Waals surface area (Å²) in [5.41, 5.74) is 1.17. The highest BCUT2D eigenvalue weighted by atomic mass is 16.5. The van der Waals surface area contributed by atoms with Gasteiger partial charge in [0.15, 0.2) is 0 Å². The third kappa shape index (κ3) is 4.14. The van der Waals surface area contributed by atoms with Crippen molar-refractivity contribution in [2.75, 3.05) is 36.1 Å². The number of ether oxygens (including phenoxy) is 1. The topological polar surface area (TPSA) is 124 Å². The summed E-state index contributed by atoms with van der Waals surface area (Å²) in [6.45, 7) is 0.385. The number of carbonyl (C=O) groups is 4. The fourth-order valence-electron chi connectivity index (χ4n) is 3.41. The third-order valence-electron chi connectivity index (χ3n) is 4.95. The fraction of sp³-hybridized carbons (Fsp3) is 0.474. The van der Waals surface area contributed by atoms with Gasteiger partial charge < -0.3 is 24.7 Å². The lowest BCUT2D eigenvalue weighted by molar-refractivity contribution is -0.148. The number of hydrogen-bond acceptors (Lipinski definition) is 6. The van der Waals surface area contributed by atoms with Gasteiger partial charge >= 0.3 is 11.9 Å². The Morgan fingerprint density at radius 2 is 1.46 bits per heavy atom. The molecule has 2 N–H and O–H groups in total. The van der Waals surface area contributed by atoms with Crippen molar-refractivity contribution in [1.82, 2.24) is 0 Å². The molecule has 0 spiro atoms. The van der Waals surface area contributed by atoms with E-state index in [1.807, 2.05) is 0 Å². The van der Waals surface area contributed by atoms with Crippen LogP contribution in [0.3, 0.4) is 0 Å². The van der Waals surface area contributed by atoms with Gasteiger partial charge in [-0.2, -0.15) is 0 Å². The summed E-state index contributed by atoms with van der Waals surface area (Å²) in [6, 6.07) is 6.68. The molecule has 2 amide bonds. The van der Waals surface area contributed by atoms with Crippen molar-refractivity contribution in [2.24, 2.45) is 11.8 Å². The molecule has 2 aliphatic rings. The molecule has 2 fully saturated rings. The maximum Gasteiger partial charge on any atom is 0.311 e. The van der Waals surface area contributed by atoms with Crippen molar-refractivity contribution >= 4 is 35.1 Å². The van der Waals surface area contributed by atoms with Gasteiger partial charge in [-0.25, -0.2) is 0 Å². The Kier molecular flexibility index (Phi) is 5.93. The lowest BCUT2D eigenvalue weighted by atomic mass is 10.1. The van der Waals surface area contributed by atoms with Crippen LogP contribution in [0.25, 0.3) is 0 Å². The van der Waals surface area contributed by atoms with Crippen LogP contribution in [0.2, 0.25) is 0 Å². The SMILES string of the molecule is O=C(O)C1CC(=O)N(c2ccc(N3CC(C(=O)OCCCO)CC3=O)cc2)C1. The van der Waals surface area contributed by atoms with E-state index in [1.165, 1.54) is 9.80 Å². The monoisotopic (exact) mass is 390 g/mol. The summed E-state index contributed by atoms with van der Waals surface area (Å²) < 4.78 is 5.06. The second kappa shape index (κ2) is 8.39. The summed E-state index contributed by atoms with van der Waals surface area (Å²) in [5, 5.41) is 17.8. The highest BCUT2D eigenvalue weighted by Crippen LogP contribution is 2.30. The van der Waals surface area contributed by atoms with Gasteiger partial charge in [0.1, 0.15) is 0 Å². The van der Waals surface area contributed by atoms with Gasteiger partial charge in [-0.15, -0.1) is 0 Å². The molecular formula is C19H22N2O7. The number of rotatable bonds is 7. The number of amides is 2. The lowest BCUT2D eigenvalue weighted by Crippen LogP contribution is -2.27. The molecule has 2 unspecified atom stereocenters. The second-order valence-electron chi connectivity index (χ2n) is 6.91. The molecule has 2 heterocycles. The number of aliphatic carboxylic acids is 1. The van der Waals surface area contributed by atoms with Crippen molar-refractivity contribution in [2.45, 2.75) is 19.3 Å². The number of anilines is 2. The Hall–Kier alpha value is -2.94.